The predicted octanol–water partition coefficient (Wildman–Crippen LogP) is 2.16. The SMILES string of the molecule is CCC(=O)OCC1C(C(=O)OC(C)C)C1(C)C. The van der Waals surface area contributed by atoms with Crippen LogP contribution >= 0.6 is 0 Å². The highest BCUT2D eigenvalue weighted by Gasteiger charge is 2.63. The van der Waals surface area contributed by atoms with Crippen molar-refractivity contribution in [1.29, 1.82) is 0 Å². The molecule has 0 aromatic carbocycles. The van der Waals surface area contributed by atoms with Crippen LogP contribution in [0.5, 0.6) is 0 Å². The van der Waals surface area contributed by atoms with E-state index in [1.807, 2.05) is 27.7 Å². The van der Waals surface area contributed by atoms with Gasteiger partial charge >= 0.3 is 11.9 Å². The first-order chi connectivity index (χ1) is 7.80. The van der Waals surface area contributed by atoms with Crippen LogP contribution in [0.25, 0.3) is 0 Å². The molecule has 0 saturated heterocycles. The zero-order valence-corrected chi connectivity index (χ0v) is 11.3. The summed E-state index contributed by atoms with van der Waals surface area (Å²) in [5.41, 5.74) is -0.125. The molecule has 0 aliphatic heterocycles. The second-order valence-electron chi connectivity index (χ2n) is 5.43. The Balaban J connectivity index is 2.47. The van der Waals surface area contributed by atoms with E-state index in [9.17, 15) is 9.59 Å². The van der Waals surface area contributed by atoms with Crippen molar-refractivity contribution in [3.8, 4) is 0 Å². The highest BCUT2D eigenvalue weighted by atomic mass is 16.5. The molecule has 1 rings (SSSR count). The summed E-state index contributed by atoms with van der Waals surface area (Å²) >= 11 is 0. The van der Waals surface area contributed by atoms with E-state index in [-0.39, 0.29) is 35.3 Å². The highest BCUT2D eigenvalue weighted by molar-refractivity contribution is 5.78. The van der Waals surface area contributed by atoms with Crippen LogP contribution in [0.1, 0.15) is 41.0 Å². The summed E-state index contributed by atoms with van der Waals surface area (Å²) in [4.78, 5) is 22.9. The normalized spacial score (nSPS) is 25.5. The van der Waals surface area contributed by atoms with Crippen molar-refractivity contribution in [3.05, 3.63) is 0 Å². The summed E-state index contributed by atoms with van der Waals surface area (Å²) < 4.78 is 10.3. The molecule has 0 aromatic rings. The Morgan fingerprint density at radius 3 is 2.35 bits per heavy atom. The van der Waals surface area contributed by atoms with Crippen LogP contribution in [-0.2, 0) is 19.1 Å². The van der Waals surface area contributed by atoms with Gasteiger partial charge in [-0.25, -0.2) is 0 Å². The monoisotopic (exact) mass is 242 g/mol. The number of rotatable bonds is 5. The molecule has 1 saturated carbocycles. The van der Waals surface area contributed by atoms with Gasteiger partial charge in [-0.15, -0.1) is 0 Å². The lowest BCUT2D eigenvalue weighted by atomic mass is 10.1. The molecule has 2 atom stereocenters. The third-order valence-electron chi connectivity index (χ3n) is 3.37. The van der Waals surface area contributed by atoms with Gasteiger partial charge in [0.15, 0.2) is 0 Å². The first-order valence-electron chi connectivity index (χ1n) is 6.16. The zero-order valence-electron chi connectivity index (χ0n) is 11.3. The summed E-state index contributed by atoms with van der Waals surface area (Å²) in [5.74, 6) is -0.454. The van der Waals surface area contributed by atoms with Gasteiger partial charge in [0.1, 0.15) is 0 Å². The molecule has 98 valence electrons. The fourth-order valence-corrected chi connectivity index (χ4v) is 2.11. The Kier molecular flexibility index (Phi) is 4.17. The van der Waals surface area contributed by atoms with Gasteiger partial charge in [0, 0.05) is 12.3 Å². The van der Waals surface area contributed by atoms with E-state index in [1.54, 1.807) is 6.92 Å². The largest absolute Gasteiger partial charge is 0.465 e. The fraction of sp³-hybridized carbons (Fsp3) is 0.846. The number of hydrogen-bond donors (Lipinski definition) is 0. The molecule has 0 radical (unpaired) electrons. The lowest BCUT2D eigenvalue weighted by Gasteiger charge is -2.08. The highest BCUT2D eigenvalue weighted by Crippen LogP contribution is 2.58. The molecule has 1 fully saturated rings. The summed E-state index contributed by atoms with van der Waals surface area (Å²) in [6.45, 7) is 9.74. The molecular formula is C13H22O4. The smallest absolute Gasteiger partial charge is 0.310 e. The van der Waals surface area contributed by atoms with Gasteiger partial charge in [0.05, 0.1) is 18.6 Å². The van der Waals surface area contributed by atoms with E-state index in [0.29, 0.717) is 13.0 Å². The summed E-state index contributed by atoms with van der Waals surface area (Å²) in [6.07, 6.45) is 0.270. The molecule has 0 spiro atoms. The quantitative estimate of drug-likeness (QED) is 0.693. The van der Waals surface area contributed by atoms with Crippen molar-refractivity contribution in [1.82, 2.24) is 0 Å². The lowest BCUT2D eigenvalue weighted by molar-refractivity contribution is -0.151. The maximum Gasteiger partial charge on any atom is 0.310 e. The van der Waals surface area contributed by atoms with Gasteiger partial charge in [-0.1, -0.05) is 20.8 Å². The summed E-state index contributed by atoms with van der Waals surface area (Å²) in [7, 11) is 0. The van der Waals surface area contributed by atoms with Crippen LogP contribution in [-0.4, -0.2) is 24.6 Å². The molecule has 0 aromatic heterocycles. The molecule has 4 nitrogen and oxygen atoms in total. The van der Waals surface area contributed by atoms with Crippen molar-refractivity contribution in [2.24, 2.45) is 17.3 Å². The number of ether oxygens (including phenoxy) is 2. The van der Waals surface area contributed by atoms with Crippen molar-refractivity contribution < 1.29 is 19.1 Å². The van der Waals surface area contributed by atoms with E-state index in [2.05, 4.69) is 0 Å². The number of esters is 2. The fourth-order valence-electron chi connectivity index (χ4n) is 2.11. The van der Waals surface area contributed by atoms with Crippen LogP contribution in [0, 0.1) is 17.3 Å². The van der Waals surface area contributed by atoms with E-state index in [0.717, 1.165) is 0 Å². The Labute approximate surface area is 103 Å². The van der Waals surface area contributed by atoms with Crippen LogP contribution in [0.4, 0.5) is 0 Å². The van der Waals surface area contributed by atoms with Gasteiger partial charge in [-0.3, -0.25) is 9.59 Å². The summed E-state index contributed by atoms with van der Waals surface area (Å²) in [6, 6.07) is 0. The molecule has 1 aliphatic rings. The molecule has 17 heavy (non-hydrogen) atoms. The van der Waals surface area contributed by atoms with E-state index >= 15 is 0 Å². The molecule has 0 N–H and O–H groups in total. The van der Waals surface area contributed by atoms with Gasteiger partial charge in [-0.2, -0.15) is 0 Å². The van der Waals surface area contributed by atoms with Gasteiger partial charge < -0.3 is 9.47 Å². The topological polar surface area (TPSA) is 52.6 Å². The van der Waals surface area contributed by atoms with Gasteiger partial charge in [-0.05, 0) is 19.3 Å². The van der Waals surface area contributed by atoms with Crippen molar-refractivity contribution in [2.75, 3.05) is 6.61 Å². The Hall–Kier alpha value is -1.06. The third kappa shape index (κ3) is 3.20. The molecule has 2 unspecified atom stereocenters. The minimum absolute atomic E-state index is 0.0873. The standard InChI is InChI=1S/C13H22O4/c1-6-10(14)16-7-9-11(13(9,4)5)12(15)17-8(2)3/h8-9,11H,6-7H2,1-5H3. The van der Waals surface area contributed by atoms with Crippen molar-refractivity contribution in [2.45, 2.75) is 47.1 Å². The number of hydrogen-bond acceptors (Lipinski definition) is 4. The van der Waals surface area contributed by atoms with E-state index < -0.39 is 0 Å². The van der Waals surface area contributed by atoms with E-state index in [4.69, 9.17) is 9.47 Å². The summed E-state index contributed by atoms with van der Waals surface area (Å²) in [5, 5.41) is 0. The Morgan fingerprint density at radius 2 is 1.88 bits per heavy atom. The molecular weight excluding hydrogens is 220 g/mol. The van der Waals surface area contributed by atoms with E-state index in [1.165, 1.54) is 0 Å². The third-order valence-corrected chi connectivity index (χ3v) is 3.37. The lowest BCUT2D eigenvalue weighted by Crippen LogP contribution is -2.16. The van der Waals surface area contributed by atoms with Crippen LogP contribution in [0.15, 0.2) is 0 Å². The second-order valence-corrected chi connectivity index (χ2v) is 5.43. The van der Waals surface area contributed by atoms with Crippen molar-refractivity contribution in [3.63, 3.8) is 0 Å². The Bertz CT molecular complexity index is 307. The number of carbonyl (C=O) groups is 2. The molecule has 4 heteroatoms. The minimum Gasteiger partial charge on any atom is -0.465 e. The maximum absolute atomic E-state index is 11.8. The molecule has 1 aliphatic carbocycles. The molecule has 0 bridgehead atoms. The molecule has 0 heterocycles. The van der Waals surface area contributed by atoms with Crippen LogP contribution in [0.3, 0.4) is 0 Å². The molecule has 0 amide bonds. The zero-order chi connectivity index (χ0) is 13.2. The van der Waals surface area contributed by atoms with Crippen LogP contribution in [0.2, 0.25) is 0 Å². The van der Waals surface area contributed by atoms with Gasteiger partial charge in [0.2, 0.25) is 0 Å². The first kappa shape index (κ1) is 14.0. The average molecular weight is 242 g/mol. The first-order valence-corrected chi connectivity index (χ1v) is 6.16. The Morgan fingerprint density at radius 1 is 1.29 bits per heavy atom. The van der Waals surface area contributed by atoms with Crippen molar-refractivity contribution >= 4 is 11.9 Å². The average Bonchev–Trinajstić information content (AvgIpc) is 2.76. The maximum atomic E-state index is 11.8. The number of carbonyl (C=O) groups excluding carboxylic acids is 2. The van der Waals surface area contributed by atoms with Gasteiger partial charge in [0.25, 0.3) is 0 Å². The predicted molar refractivity (Wildman–Crippen MR) is 63.2 cm³/mol. The minimum atomic E-state index is -0.219. The second kappa shape index (κ2) is 5.07. The van der Waals surface area contributed by atoms with Crippen LogP contribution < -0.4 is 0 Å².